The standard InChI is InChI=1S/C10H18BrNO/c1-8(2)12(7-3-6-11)10(13)9-4-5-9/h8-9H,3-7H2,1-2H3. The Kier molecular flexibility index (Phi) is 4.23. The average molecular weight is 248 g/mol. The lowest BCUT2D eigenvalue weighted by Gasteiger charge is -2.26. The smallest absolute Gasteiger partial charge is 0.225 e. The molecule has 76 valence electrons. The van der Waals surface area contributed by atoms with Crippen molar-refractivity contribution < 1.29 is 4.79 Å². The van der Waals surface area contributed by atoms with Gasteiger partial charge in [0.15, 0.2) is 0 Å². The van der Waals surface area contributed by atoms with Gasteiger partial charge >= 0.3 is 0 Å². The van der Waals surface area contributed by atoms with E-state index in [2.05, 4.69) is 29.8 Å². The van der Waals surface area contributed by atoms with Crippen molar-refractivity contribution in [2.45, 2.75) is 39.2 Å². The first-order valence-corrected chi connectivity index (χ1v) is 6.15. The third kappa shape index (κ3) is 3.29. The van der Waals surface area contributed by atoms with Crippen molar-refractivity contribution in [3.8, 4) is 0 Å². The first kappa shape index (κ1) is 11.0. The minimum absolute atomic E-state index is 0.354. The summed E-state index contributed by atoms with van der Waals surface area (Å²) in [5.74, 6) is 0.730. The molecule has 1 aliphatic carbocycles. The molecule has 1 aliphatic rings. The number of carbonyl (C=O) groups is 1. The summed E-state index contributed by atoms with van der Waals surface area (Å²) in [5, 5.41) is 0.980. The van der Waals surface area contributed by atoms with Gasteiger partial charge in [-0.2, -0.15) is 0 Å². The average Bonchev–Trinajstić information content (AvgIpc) is 2.86. The highest BCUT2D eigenvalue weighted by Crippen LogP contribution is 2.31. The SMILES string of the molecule is CC(C)N(CCCBr)C(=O)C1CC1. The second-order valence-electron chi connectivity index (χ2n) is 3.94. The van der Waals surface area contributed by atoms with Crippen molar-refractivity contribution in [1.82, 2.24) is 4.90 Å². The summed E-state index contributed by atoms with van der Waals surface area (Å²) in [4.78, 5) is 13.8. The van der Waals surface area contributed by atoms with Gasteiger partial charge in [0.1, 0.15) is 0 Å². The first-order valence-electron chi connectivity index (χ1n) is 5.03. The molecular weight excluding hydrogens is 230 g/mol. The zero-order valence-electron chi connectivity index (χ0n) is 8.42. The molecule has 0 N–H and O–H groups in total. The second kappa shape index (κ2) is 4.99. The zero-order valence-corrected chi connectivity index (χ0v) is 10.0. The predicted octanol–water partition coefficient (Wildman–Crippen LogP) is 2.42. The van der Waals surface area contributed by atoms with Gasteiger partial charge in [0.25, 0.3) is 0 Å². The molecule has 3 heteroatoms. The van der Waals surface area contributed by atoms with E-state index in [9.17, 15) is 4.79 Å². The summed E-state index contributed by atoms with van der Waals surface area (Å²) in [6.07, 6.45) is 3.27. The van der Waals surface area contributed by atoms with Crippen LogP contribution in [0.5, 0.6) is 0 Å². The van der Waals surface area contributed by atoms with Gasteiger partial charge in [0.05, 0.1) is 0 Å². The zero-order chi connectivity index (χ0) is 9.84. The number of amides is 1. The van der Waals surface area contributed by atoms with Crippen molar-refractivity contribution in [1.29, 1.82) is 0 Å². The molecule has 0 radical (unpaired) electrons. The molecule has 0 heterocycles. The van der Waals surface area contributed by atoms with Gasteiger partial charge in [-0.05, 0) is 33.1 Å². The van der Waals surface area contributed by atoms with Gasteiger partial charge in [0, 0.05) is 23.8 Å². The first-order chi connectivity index (χ1) is 6.16. The summed E-state index contributed by atoms with van der Waals surface area (Å²) < 4.78 is 0. The second-order valence-corrected chi connectivity index (χ2v) is 4.74. The largest absolute Gasteiger partial charge is 0.340 e. The maximum Gasteiger partial charge on any atom is 0.225 e. The van der Waals surface area contributed by atoms with E-state index in [0.717, 1.165) is 31.1 Å². The van der Waals surface area contributed by atoms with Crippen molar-refractivity contribution in [2.75, 3.05) is 11.9 Å². The van der Waals surface area contributed by atoms with Crippen LogP contribution < -0.4 is 0 Å². The lowest BCUT2D eigenvalue weighted by Crippen LogP contribution is -2.38. The summed E-state index contributed by atoms with van der Waals surface area (Å²) in [7, 11) is 0. The molecular formula is C10H18BrNO. The molecule has 1 saturated carbocycles. The van der Waals surface area contributed by atoms with E-state index in [4.69, 9.17) is 0 Å². The number of carbonyl (C=O) groups excluding carboxylic acids is 1. The van der Waals surface area contributed by atoms with E-state index in [1.807, 2.05) is 4.90 Å². The molecule has 0 aromatic heterocycles. The Balaban J connectivity index is 2.40. The van der Waals surface area contributed by atoms with Crippen LogP contribution in [0.15, 0.2) is 0 Å². The Morgan fingerprint density at radius 3 is 2.54 bits per heavy atom. The van der Waals surface area contributed by atoms with Gasteiger partial charge in [-0.15, -0.1) is 0 Å². The van der Waals surface area contributed by atoms with E-state index < -0.39 is 0 Å². The topological polar surface area (TPSA) is 20.3 Å². The van der Waals surface area contributed by atoms with Crippen LogP contribution in [-0.2, 0) is 4.79 Å². The molecule has 0 spiro atoms. The number of hydrogen-bond donors (Lipinski definition) is 0. The number of hydrogen-bond acceptors (Lipinski definition) is 1. The van der Waals surface area contributed by atoms with Crippen LogP contribution in [0.2, 0.25) is 0 Å². The Morgan fingerprint density at radius 2 is 2.15 bits per heavy atom. The summed E-state index contributed by atoms with van der Waals surface area (Å²) in [5.41, 5.74) is 0. The number of halogens is 1. The van der Waals surface area contributed by atoms with Gasteiger partial charge in [0.2, 0.25) is 5.91 Å². The lowest BCUT2D eigenvalue weighted by atomic mass is 10.2. The molecule has 1 rings (SSSR count). The molecule has 0 aromatic rings. The van der Waals surface area contributed by atoms with Crippen LogP contribution in [0, 0.1) is 5.92 Å². The predicted molar refractivity (Wildman–Crippen MR) is 58.0 cm³/mol. The highest BCUT2D eigenvalue weighted by atomic mass is 79.9. The van der Waals surface area contributed by atoms with Gasteiger partial charge in [-0.3, -0.25) is 4.79 Å². The molecule has 0 unspecified atom stereocenters. The maximum absolute atomic E-state index is 11.8. The Morgan fingerprint density at radius 1 is 1.54 bits per heavy atom. The molecule has 0 aliphatic heterocycles. The Bertz CT molecular complexity index is 178. The Hall–Kier alpha value is -0.0500. The summed E-state index contributed by atoms with van der Waals surface area (Å²) >= 11 is 3.39. The van der Waals surface area contributed by atoms with Crippen molar-refractivity contribution in [3.63, 3.8) is 0 Å². The normalized spacial score (nSPS) is 16.3. The van der Waals surface area contributed by atoms with Crippen molar-refractivity contribution >= 4 is 21.8 Å². The van der Waals surface area contributed by atoms with E-state index in [0.29, 0.717) is 17.9 Å². The number of alkyl halides is 1. The van der Waals surface area contributed by atoms with E-state index >= 15 is 0 Å². The van der Waals surface area contributed by atoms with Crippen LogP contribution in [0.1, 0.15) is 33.1 Å². The van der Waals surface area contributed by atoms with Crippen molar-refractivity contribution in [2.24, 2.45) is 5.92 Å². The third-order valence-corrected chi connectivity index (χ3v) is 2.93. The molecule has 2 nitrogen and oxygen atoms in total. The molecule has 0 aromatic carbocycles. The van der Waals surface area contributed by atoms with Crippen LogP contribution in [0.4, 0.5) is 0 Å². The fourth-order valence-electron chi connectivity index (χ4n) is 1.42. The van der Waals surface area contributed by atoms with Gasteiger partial charge in [-0.25, -0.2) is 0 Å². The van der Waals surface area contributed by atoms with E-state index in [-0.39, 0.29) is 0 Å². The minimum atomic E-state index is 0.354. The number of nitrogens with zero attached hydrogens (tertiary/aromatic N) is 1. The fourth-order valence-corrected chi connectivity index (χ4v) is 1.67. The summed E-state index contributed by atoms with van der Waals surface area (Å²) in [6.45, 7) is 5.08. The Labute approximate surface area is 88.8 Å². The van der Waals surface area contributed by atoms with Crippen LogP contribution >= 0.6 is 15.9 Å². The van der Waals surface area contributed by atoms with Gasteiger partial charge in [-0.1, -0.05) is 15.9 Å². The molecule has 0 bridgehead atoms. The monoisotopic (exact) mass is 247 g/mol. The third-order valence-electron chi connectivity index (χ3n) is 2.37. The minimum Gasteiger partial charge on any atom is -0.340 e. The maximum atomic E-state index is 11.8. The van der Waals surface area contributed by atoms with Gasteiger partial charge < -0.3 is 4.90 Å². The quantitative estimate of drug-likeness (QED) is 0.684. The van der Waals surface area contributed by atoms with Crippen LogP contribution in [0.25, 0.3) is 0 Å². The number of rotatable bonds is 5. The van der Waals surface area contributed by atoms with Crippen LogP contribution in [-0.4, -0.2) is 28.7 Å². The molecule has 1 amide bonds. The fraction of sp³-hybridized carbons (Fsp3) is 0.900. The molecule has 1 fully saturated rings. The van der Waals surface area contributed by atoms with E-state index in [1.165, 1.54) is 0 Å². The highest BCUT2D eigenvalue weighted by Gasteiger charge is 2.33. The molecule has 0 atom stereocenters. The molecule has 0 saturated heterocycles. The van der Waals surface area contributed by atoms with E-state index in [1.54, 1.807) is 0 Å². The van der Waals surface area contributed by atoms with Crippen molar-refractivity contribution in [3.05, 3.63) is 0 Å². The van der Waals surface area contributed by atoms with Crippen LogP contribution in [0.3, 0.4) is 0 Å². The molecule has 13 heavy (non-hydrogen) atoms. The lowest BCUT2D eigenvalue weighted by molar-refractivity contribution is -0.134. The highest BCUT2D eigenvalue weighted by molar-refractivity contribution is 9.09. The summed E-state index contributed by atoms with van der Waals surface area (Å²) in [6, 6.07) is 0.354.